The van der Waals surface area contributed by atoms with E-state index < -0.39 is 179 Å². The van der Waals surface area contributed by atoms with Gasteiger partial charge >= 0.3 is 0 Å². The molecule has 0 saturated carbocycles. The van der Waals surface area contributed by atoms with Crippen LogP contribution in [0.2, 0.25) is 0 Å². The summed E-state index contributed by atoms with van der Waals surface area (Å²) >= 11 is 0. The Morgan fingerprint density at radius 3 is 1.01 bits per heavy atom. The molecule has 3 unspecified atom stereocenters. The van der Waals surface area contributed by atoms with Gasteiger partial charge in [-0.05, 0) is 162 Å². The second-order valence-electron chi connectivity index (χ2n) is 31.4. The van der Waals surface area contributed by atoms with Gasteiger partial charge in [-0.15, -0.1) is 0 Å². The van der Waals surface area contributed by atoms with Gasteiger partial charge < -0.3 is 121 Å². The zero-order valence-corrected chi connectivity index (χ0v) is 72.3. The van der Waals surface area contributed by atoms with Crippen molar-refractivity contribution in [2.24, 2.45) is 46.6 Å². The van der Waals surface area contributed by atoms with Crippen LogP contribution in [-0.2, 0) is 90.9 Å². The SMILES string of the molecule is CC[C@H](C)[C@H](NC(=O)[C@@H]1CCCN1C(=O)C(NC(=O)[C@H](C)NC)C(C)C)C(=O)N[C@@H](C)C(=O)NC(CCC(N)=O)C(=O)N[C@@H](CCCCCN)C(=O)NCCCOCCOCCOCCCNC(=O)[C@H](CCCCN)NC(=O)C(CCC(N)=O)NC(=O)[C@H](C)NC(=O)[C@@H](NC(=O)[C@@H]1CCCN1C(=O)[C@@H](NC(=O)[C@H](C)NC)C(C)C)[C@@H](C)CC. The lowest BCUT2D eigenvalue weighted by Crippen LogP contribution is -2.60. The second-order valence-corrected chi connectivity index (χ2v) is 31.4. The molecule has 0 aromatic rings. The van der Waals surface area contributed by atoms with Gasteiger partial charge in [-0.3, -0.25) is 76.7 Å². The highest BCUT2D eigenvalue weighted by Gasteiger charge is 2.44. The van der Waals surface area contributed by atoms with Crippen LogP contribution in [-0.4, -0.2) is 282 Å². The third-order valence-electron chi connectivity index (χ3n) is 21.2. The summed E-state index contributed by atoms with van der Waals surface area (Å²) in [5.74, 6) is -11.5. The normalized spacial score (nSPS) is 17.5. The van der Waals surface area contributed by atoms with Crippen molar-refractivity contribution >= 4 is 94.5 Å². The van der Waals surface area contributed by atoms with Crippen molar-refractivity contribution < 1.29 is 90.9 Å². The number of carbonyl (C=O) groups is 16. The molecular formula is C79H144N20O19. The van der Waals surface area contributed by atoms with Crippen molar-refractivity contribution in [1.82, 2.24) is 84.2 Å². The van der Waals surface area contributed by atoms with Crippen molar-refractivity contribution in [1.29, 1.82) is 0 Å². The fourth-order valence-electron chi connectivity index (χ4n) is 13.0. The van der Waals surface area contributed by atoms with E-state index >= 15 is 0 Å². The van der Waals surface area contributed by atoms with E-state index in [4.69, 9.17) is 37.1 Å². The Labute approximate surface area is 696 Å². The Bertz CT molecular complexity index is 3210. The summed E-state index contributed by atoms with van der Waals surface area (Å²) in [5.41, 5.74) is 22.4. The highest BCUT2D eigenvalue weighted by atomic mass is 16.5. The molecule has 2 rings (SSSR count). The molecule has 0 aliphatic carbocycles. The first kappa shape index (κ1) is 105. The lowest BCUT2D eigenvalue weighted by atomic mass is 9.97. The van der Waals surface area contributed by atoms with E-state index in [0.717, 1.165) is 0 Å². The van der Waals surface area contributed by atoms with Crippen LogP contribution in [0.4, 0.5) is 0 Å². The number of amides is 16. The lowest BCUT2D eigenvalue weighted by molar-refractivity contribution is -0.143. The van der Waals surface area contributed by atoms with Gasteiger partial charge in [-0.1, -0.05) is 81.1 Å². The van der Waals surface area contributed by atoms with Gasteiger partial charge in [0.25, 0.3) is 0 Å². The highest BCUT2D eigenvalue weighted by Crippen LogP contribution is 2.24. The third kappa shape index (κ3) is 38.1. The zero-order chi connectivity index (χ0) is 88.7. The smallest absolute Gasteiger partial charge is 0.246 e. The summed E-state index contributed by atoms with van der Waals surface area (Å²) in [6.07, 6.45) is 5.34. The first-order valence-electron chi connectivity index (χ1n) is 42.2. The first-order valence-corrected chi connectivity index (χ1v) is 42.2. The molecule has 2 fully saturated rings. The molecule has 39 heteroatoms. The number of unbranched alkanes of at least 4 members (excludes halogenated alkanes) is 3. The van der Waals surface area contributed by atoms with E-state index in [1.54, 1.807) is 69.5 Å². The molecule has 2 saturated heterocycles. The average Bonchev–Trinajstić information content (AvgIpc) is 1.65. The molecule has 118 heavy (non-hydrogen) atoms. The summed E-state index contributed by atoms with van der Waals surface area (Å²) in [5, 5.41) is 38.4. The maximum absolute atomic E-state index is 14.0. The molecule has 674 valence electrons. The minimum absolute atomic E-state index is 0.162. The van der Waals surface area contributed by atoms with Crippen molar-refractivity contribution in [3.05, 3.63) is 0 Å². The topological polar surface area (TPSA) is 580 Å². The molecule has 16 atom stereocenters. The number of likely N-dealkylation sites (N-methyl/N-ethyl adjacent to an activating group) is 2. The number of nitrogens with zero attached hydrogens (tertiary/aromatic N) is 2. The van der Waals surface area contributed by atoms with Gasteiger partial charge in [-0.2, -0.15) is 0 Å². The fraction of sp³-hybridized carbons (Fsp3) is 0.797. The Hall–Kier alpha value is -8.76. The average molecular weight is 1680 g/mol. The maximum Gasteiger partial charge on any atom is 0.246 e. The number of hydrogen-bond donors (Lipinski definition) is 18. The quantitative estimate of drug-likeness (QED) is 0.0266. The predicted octanol–water partition coefficient (Wildman–Crippen LogP) is -3.28. The molecule has 0 spiro atoms. The molecule has 2 aliphatic rings. The summed E-state index contributed by atoms with van der Waals surface area (Å²) in [4.78, 5) is 219. The van der Waals surface area contributed by atoms with Crippen LogP contribution in [0.3, 0.4) is 0 Å². The van der Waals surface area contributed by atoms with E-state index in [1.807, 2.05) is 13.8 Å². The molecule has 22 N–H and O–H groups in total. The van der Waals surface area contributed by atoms with Gasteiger partial charge in [0.1, 0.15) is 72.5 Å². The van der Waals surface area contributed by atoms with Gasteiger partial charge in [0.15, 0.2) is 0 Å². The van der Waals surface area contributed by atoms with E-state index in [9.17, 15) is 76.7 Å². The van der Waals surface area contributed by atoms with E-state index in [0.29, 0.717) is 96.6 Å². The van der Waals surface area contributed by atoms with E-state index in [2.05, 4.69) is 74.4 Å². The van der Waals surface area contributed by atoms with Gasteiger partial charge in [0.2, 0.25) is 94.5 Å². The minimum Gasteiger partial charge on any atom is -0.379 e. The molecule has 39 nitrogen and oxygen atoms in total. The number of carbonyl (C=O) groups excluding carboxylic acids is 16. The zero-order valence-electron chi connectivity index (χ0n) is 72.3. The summed E-state index contributed by atoms with van der Waals surface area (Å²) < 4.78 is 17.0. The number of nitrogens with two attached hydrogens (primary N) is 4. The summed E-state index contributed by atoms with van der Waals surface area (Å²) in [7, 11) is 3.24. The lowest BCUT2D eigenvalue weighted by Gasteiger charge is -2.32. The molecule has 2 aliphatic heterocycles. The molecule has 0 radical (unpaired) electrons. The minimum atomic E-state index is -1.38. The Morgan fingerprint density at radius 1 is 0.356 bits per heavy atom. The molecule has 16 amide bonds. The number of primary amides is 2. The number of ether oxygens (including phenoxy) is 3. The van der Waals surface area contributed by atoms with Crippen LogP contribution in [0.25, 0.3) is 0 Å². The Kier molecular flexibility index (Phi) is 51.2. The van der Waals surface area contributed by atoms with Crippen LogP contribution in [0.1, 0.15) is 205 Å². The van der Waals surface area contributed by atoms with Gasteiger partial charge in [0.05, 0.1) is 38.5 Å². The van der Waals surface area contributed by atoms with Gasteiger partial charge in [0, 0.05) is 52.2 Å². The molecule has 0 aromatic carbocycles. The number of likely N-dealkylation sites (tertiary alicyclic amines) is 2. The van der Waals surface area contributed by atoms with Crippen molar-refractivity contribution in [3.8, 4) is 0 Å². The largest absolute Gasteiger partial charge is 0.379 e. The van der Waals surface area contributed by atoms with Gasteiger partial charge in [-0.25, -0.2) is 0 Å². The van der Waals surface area contributed by atoms with E-state index in [1.165, 1.54) is 23.6 Å². The molecule has 0 bridgehead atoms. The summed E-state index contributed by atoms with van der Waals surface area (Å²) in [6, 6.07) is -14.6. The number of rotatable bonds is 61. The van der Waals surface area contributed by atoms with Crippen LogP contribution < -0.4 is 97.4 Å². The fourth-order valence-corrected chi connectivity index (χ4v) is 13.0. The van der Waals surface area contributed by atoms with Crippen molar-refractivity contribution in [2.45, 2.75) is 290 Å². The van der Waals surface area contributed by atoms with Crippen LogP contribution in [0.5, 0.6) is 0 Å². The standard InChI is InChI=1S/C79H144N20O19/c1-15-48(7)64(96-74(110)58-28-22-38-98(58)78(114)62(46(3)4)94-66(102)50(9)84-13)76(112)88-52(11)68(104)90-56(30-32-60(82)100)72(108)92-54(26-18-17-20-34-80)70(106)86-36-24-40-116-42-44-118-45-43-117-41-25-37-87-71(107)55(27-19-21-35-81)93-73(109)57(31-33-61(83)101)91-69(105)53(12)89-77(113)65(49(8)16-2)97-75(111)59-29-23-39-99(59)79(115)63(47(5)6)95-67(103)51(10)85-14/h46-59,62-65,84-85H,15-45,80-81H2,1-14H3,(H2,82,100)(H2,83,101)(H,86,106)(H,87,107)(H,88,112)(H,89,113)(H,90,104)(H,91,105)(H,92,108)(H,93,109)(H,94,102)(H,95,103)(H,96,110)(H,97,111)/t48-,49-,50-,51-,52-,53-,54-,55-,56?,57?,58-,59-,62?,63-,64-,65-/m0/s1. The highest BCUT2D eigenvalue weighted by molar-refractivity contribution is 6.00. The number of hydrogen-bond acceptors (Lipinski definition) is 23. The molecule has 0 aromatic heterocycles. The Morgan fingerprint density at radius 2 is 0.678 bits per heavy atom. The summed E-state index contributed by atoms with van der Waals surface area (Å²) in [6.45, 7) is 23.3. The van der Waals surface area contributed by atoms with Crippen molar-refractivity contribution in [2.75, 3.05) is 93.0 Å². The molecule has 2 heterocycles. The number of nitrogens with one attached hydrogen (secondary N) is 14. The Balaban J connectivity index is 1.94. The van der Waals surface area contributed by atoms with Crippen LogP contribution in [0, 0.1) is 23.7 Å². The maximum atomic E-state index is 14.0. The van der Waals surface area contributed by atoms with Crippen molar-refractivity contribution in [3.63, 3.8) is 0 Å². The third-order valence-corrected chi connectivity index (χ3v) is 21.2. The predicted molar refractivity (Wildman–Crippen MR) is 441 cm³/mol. The van der Waals surface area contributed by atoms with Crippen LogP contribution >= 0.6 is 0 Å². The molecular weight excluding hydrogens is 1530 g/mol. The second kappa shape index (κ2) is 57.4. The van der Waals surface area contributed by atoms with Crippen LogP contribution in [0.15, 0.2) is 0 Å². The first-order chi connectivity index (χ1) is 55.9. The van der Waals surface area contributed by atoms with E-state index in [-0.39, 0.29) is 128 Å². The monoisotopic (exact) mass is 1680 g/mol.